The third-order valence-corrected chi connectivity index (χ3v) is 1.34. The topological polar surface area (TPSA) is 64.6 Å². The molecule has 0 heterocycles. The SMILES string of the molecule is C=CC(=O)OCCNCOC(=O)C(=C)C. The van der Waals surface area contributed by atoms with E-state index >= 15 is 0 Å². The molecule has 1 N–H and O–H groups in total. The largest absolute Gasteiger partial charge is 0.461 e. The van der Waals surface area contributed by atoms with Crippen molar-refractivity contribution in [2.24, 2.45) is 0 Å². The molecule has 0 aliphatic heterocycles. The van der Waals surface area contributed by atoms with Gasteiger partial charge in [0, 0.05) is 18.2 Å². The standard InChI is InChI=1S/C10H15NO4/c1-4-9(12)14-6-5-11-7-15-10(13)8(2)3/h4,11H,1-2,5-7H2,3H3. The smallest absolute Gasteiger partial charge is 0.334 e. The predicted molar refractivity (Wildman–Crippen MR) is 54.9 cm³/mol. The van der Waals surface area contributed by atoms with Gasteiger partial charge in [-0.15, -0.1) is 0 Å². The van der Waals surface area contributed by atoms with Crippen LogP contribution in [0.25, 0.3) is 0 Å². The van der Waals surface area contributed by atoms with E-state index in [2.05, 4.69) is 23.2 Å². The first-order valence-electron chi connectivity index (χ1n) is 4.40. The van der Waals surface area contributed by atoms with E-state index in [1.54, 1.807) is 6.92 Å². The fourth-order valence-corrected chi connectivity index (χ4v) is 0.595. The quantitative estimate of drug-likeness (QED) is 0.287. The van der Waals surface area contributed by atoms with E-state index in [0.29, 0.717) is 12.1 Å². The highest BCUT2D eigenvalue weighted by molar-refractivity contribution is 5.86. The van der Waals surface area contributed by atoms with Crippen molar-refractivity contribution in [2.75, 3.05) is 19.9 Å². The lowest BCUT2D eigenvalue weighted by molar-refractivity contribution is -0.141. The Bertz CT molecular complexity index is 260. The number of nitrogens with one attached hydrogen (secondary N) is 1. The average molecular weight is 213 g/mol. The summed E-state index contributed by atoms with van der Waals surface area (Å²) < 4.78 is 9.39. The van der Waals surface area contributed by atoms with Crippen molar-refractivity contribution in [3.8, 4) is 0 Å². The predicted octanol–water partition coefficient (Wildman–Crippen LogP) is 0.382. The number of carbonyl (C=O) groups is 2. The Balaban J connectivity index is 3.32. The zero-order chi connectivity index (χ0) is 11.7. The van der Waals surface area contributed by atoms with Crippen LogP contribution in [-0.4, -0.2) is 31.8 Å². The second-order valence-corrected chi connectivity index (χ2v) is 2.73. The van der Waals surface area contributed by atoms with E-state index < -0.39 is 11.9 Å². The molecule has 5 nitrogen and oxygen atoms in total. The maximum atomic E-state index is 10.9. The molecule has 5 heteroatoms. The van der Waals surface area contributed by atoms with Gasteiger partial charge in [-0.1, -0.05) is 13.2 Å². The van der Waals surface area contributed by atoms with E-state index in [1.807, 2.05) is 0 Å². The Labute approximate surface area is 88.7 Å². The van der Waals surface area contributed by atoms with Crippen molar-refractivity contribution >= 4 is 11.9 Å². The zero-order valence-corrected chi connectivity index (χ0v) is 8.75. The molecule has 0 atom stereocenters. The summed E-state index contributed by atoms with van der Waals surface area (Å²) in [5.74, 6) is -0.929. The molecule has 0 radical (unpaired) electrons. The number of hydrogen-bond acceptors (Lipinski definition) is 5. The van der Waals surface area contributed by atoms with Crippen LogP contribution < -0.4 is 5.32 Å². The number of hydrogen-bond donors (Lipinski definition) is 1. The third-order valence-electron chi connectivity index (χ3n) is 1.34. The lowest BCUT2D eigenvalue weighted by Gasteiger charge is -2.06. The summed E-state index contributed by atoms with van der Waals surface area (Å²) in [6, 6.07) is 0. The Hall–Kier alpha value is -1.62. The lowest BCUT2D eigenvalue weighted by Crippen LogP contribution is -2.25. The van der Waals surface area contributed by atoms with Crippen molar-refractivity contribution in [3.63, 3.8) is 0 Å². The molecule has 15 heavy (non-hydrogen) atoms. The van der Waals surface area contributed by atoms with Gasteiger partial charge in [0.15, 0.2) is 0 Å². The molecule has 84 valence electrons. The summed E-state index contributed by atoms with van der Waals surface area (Å²) in [5.41, 5.74) is 0.342. The van der Waals surface area contributed by atoms with Gasteiger partial charge in [0.25, 0.3) is 0 Å². The first kappa shape index (κ1) is 13.4. The maximum absolute atomic E-state index is 10.9. The second kappa shape index (κ2) is 7.75. The number of rotatable bonds is 7. The average Bonchev–Trinajstić information content (AvgIpc) is 2.22. The minimum atomic E-state index is -0.476. The number of carbonyl (C=O) groups excluding carboxylic acids is 2. The molecule has 0 saturated heterocycles. The molecule has 0 aromatic rings. The molecule has 0 saturated carbocycles. The van der Waals surface area contributed by atoms with Gasteiger partial charge in [0.1, 0.15) is 13.3 Å². The van der Waals surface area contributed by atoms with Crippen LogP contribution in [0.2, 0.25) is 0 Å². The molecule has 0 spiro atoms. The molecule has 0 aromatic carbocycles. The third kappa shape index (κ3) is 7.45. The van der Waals surface area contributed by atoms with Crippen LogP contribution in [0.5, 0.6) is 0 Å². The minimum Gasteiger partial charge on any atom is -0.461 e. The minimum absolute atomic E-state index is 0.0668. The highest BCUT2D eigenvalue weighted by Crippen LogP contribution is 1.89. The molecule has 0 unspecified atom stereocenters. The van der Waals surface area contributed by atoms with Gasteiger partial charge in [0.2, 0.25) is 0 Å². The summed E-state index contributed by atoms with van der Waals surface area (Å²) in [6.45, 7) is 8.91. The molecule has 0 amide bonds. The molecule has 0 fully saturated rings. The number of ether oxygens (including phenoxy) is 2. The Kier molecular flexibility index (Phi) is 6.92. The van der Waals surface area contributed by atoms with E-state index in [-0.39, 0.29) is 13.3 Å². The van der Waals surface area contributed by atoms with Gasteiger partial charge in [-0.25, -0.2) is 9.59 Å². The lowest BCUT2D eigenvalue weighted by atomic mass is 10.4. The molecule has 0 aromatic heterocycles. The summed E-state index contributed by atoms with van der Waals surface area (Å²) in [7, 11) is 0. The van der Waals surface area contributed by atoms with Gasteiger partial charge in [-0.2, -0.15) is 0 Å². The molecule has 0 aliphatic carbocycles. The molecular weight excluding hydrogens is 198 g/mol. The Morgan fingerprint density at radius 2 is 2.07 bits per heavy atom. The van der Waals surface area contributed by atoms with Crippen molar-refractivity contribution in [3.05, 3.63) is 24.8 Å². The second-order valence-electron chi connectivity index (χ2n) is 2.73. The fourth-order valence-electron chi connectivity index (χ4n) is 0.595. The normalized spacial score (nSPS) is 9.13. The summed E-state index contributed by atoms with van der Waals surface area (Å²) in [6.07, 6.45) is 1.08. The van der Waals surface area contributed by atoms with Crippen LogP contribution in [-0.2, 0) is 19.1 Å². The van der Waals surface area contributed by atoms with Gasteiger partial charge < -0.3 is 9.47 Å². The molecule has 0 rings (SSSR count). The summed E-state index contributed by atoms with van der Waals surface area (Å²) >= 11 is 0. The molecule has 0 bridgehead atoms. The molecular formula is C10H15NO4. The monoisotopic (exact) mass is 213 g/mol. The maximum Gasteiger partial charge on any atom is 0.334 e. The van der Waals surface area contributed by atoms with Crippen LogP contribution in [0.1, 0.15) is 6.92 Å². The van der Waals surface area contributed by atoms with Crippen LogP contribution >= 0.6 is 0 Å². The molecule has 0 aliphatic rings. The van der Waals surface area contributed by atoms with Gasteiger partial charge in [0.05, 0.1) is 0 Å². The van der Waals surface area contributed by atoms with Crippen molar-refractivity contribution in [2.45, 2.75) is 6.92 Å². The first-order chi connectivity index (χ1) is 7.07. The highest BCUT2D eigenvalue weighted by Gasteiger charge is 2.01. The summed E-state index contributed by atoms with van der Waals surface area (Å²) in [4.78, 5) is 21.4. The van der Waals surface area contributed by atoms with Crippen LogP contribution in [0.3, 0.4) is 0 Å². The number of esters is 2. The fraction of sp³-hybridized carbons (Fsp3) is 0.400. The van der Waals surface area contributed by atoms with Gasteiger partial charge >= 0.3 is 11.9 Å². The van der Waals surface area contributed by atoms with Gasteiger partial charge in [-0.3, -0.25) is 5.32 Å². The van der Waals surface area contributed by atoms with E-state index in [9.17, 15) is 9.59 Å². The van der Waals surface area contributed by atoms with E-state index in [1.165, 1.54) is 0 Å². The van der Waals surface area contributed by atoms with Gasteiger partial charge in [-0.05, 0) is 6.92 Å². The van der Waals surface area contributed by atoms with Crippen molar-refractivity contribution in [1.82, 2.24) is 5.32 Å². The highest BCUT2D eigenvalue weighted by atomic mass is 16.5. The Morgan fingerprint density at radius 1 is 1.40 bits per heavy atom. The van der Waals surface area contributed by atoms with E-state index in [0.717, 1.165) is 6.08 Å². The Morgan fingerprint density at radius 3 is 2.60 bits per heavy atom. The first-order valence-corrected chi connectivity index (χ1v) is 4.40. The summed E-state index contributed by atoms with van der Waals surface area (Å²) in [5, 5.41) is 2.75. The zero-order valence-electron chi connectivity index (χ0n) is 8.75. The van der Waals surface area contributed by atoms with Crippen LogP contribution in [0, 0.1) is 0 Å². The van der Waals surface area contributed by atoms with E-state index in [4.69, 9.17) is 4.74 Å². The van der Waals surface area contributed by atoms with Crippen molar-refractivity contribution in [1.29, 1.82) is 0 Å². The van der Waals surface area contributed by atoms with Crippen LogP contribution in [0.4, 0.5) is 0 Å². The van der Waals surface area contributed by atoms with Crippen LogP contribution in [0.15, 0.2) is 24.8 Å². The van der Waals surface area contributed by atoms with Crippen molar-refractivity contribution < 1.29 is 19.1 Å².